The number of rotatable bonds is 4. The number of aromatic nitrogens is 3. The number of carbonyl (C=O) groups excluding carboxylic acids is 1. The number of carboxylic acids is 1. The van der Waals surface area contributed by atoms with Crippen LogP contribution in [0, 0.1) is 0 Å². The van der Waals surface area contributed by atoms with Crippen molar-refractivity contribution in [3.63, 3.8) is 0 Å². The molecule has 104 valence electrons. The first-order valence-corrected chi connectivity index (χ1v) is 7.33. The summed E-state index contributed by atoms with van der Waals surface area (Å²) in [5.41, 5.74) is -0.145. The minimum atomic E-state index is -1.14. The lowest BCUT2D eigenvalue weighted by Gasteiger charge is -2.31. The van der Waals surface area contributed by atoms with Gasteiger partial charge in [-0.2, -0.15) is 11.8 Å². The molecule has 0 spiro atoms. The van der Waals surface area contributed by atoms with E-state index in [0.29, 0.717) is 5.25 Å². The van der Waals surface area contributed by atoms with E-state index in [-0.39, 0.29) is 18.1 Å². The largest absolute Gasteiger partial charge is 0.476 e. The third-order valence-corrected chi connectivity index (χ3v) is 4.32. The summed E-state index contributed by atoms with van der Waals surface area (Å²) in [6.07, 6.45) is 5.37. The van der Waals surface area contributed by atoms with Gasteiger partial charge in [-0.1, -0.05) is 5.21 Å². The zero-order valence-electron chi connectivity index (χ0n) is 10.7. The number of carbonyl (C=O) groups is 2. The molecule has 0 saturated carbocycles. The quantitative estimate of drug-likeness (QED) is 0.857. The second-order valence-electron chi connectivity index (χ2n) is 4.42. The Morgan fingerprint density at radius 3 is 2.68 bits per heavy atom. The summed E-state index contributed by atoms with van der Waals surface area (Å²) in [7, 11) is 0. The van der Waals surface area contributed by atoms with Crippen LogP contribution in [-0.2, 0) is 11.3 Å². The molecule has 8 heteroatoms. The van der Waals surface area contributed by atoms with Crippen LogP contribution in [0.15, 0.2) is 6.20 Å². The number of piperidine rings is 1. The Morgan fingerprint density at radius 1 is 1.47 bits per heavy atom. The minimum Gasteiger partial charge on any atom is -0.476 e. The number of hydrogen-bond acceptors (Lipinski definition) is 5. The van der Waals surface area contributed by atoms with Gasteiger partial charge in [0.25, 0.3) is 0 Å². The van der Waals surface area contributed by atoms with Crippen LogP contribution in [0.4, 0.5) is 0 Å². The molecule has 0 aromatic carbocycles. The van der Waals surface area contributed by atoms with Crippen LogP contribution in [-0.4, -0.2) is 61.5 Å². The van der Waals surface area contributed by atoms with Crippen LogP contribution < -0.4 is 0 Å². The maximum Gasteiger partial charge on any atom is 0.358 e. The van der Waals surface area contributed by atoms with Gasteiger partial charge in [-0.3, -0.25) is 4.79 Å². The van der Waals surface area contributed by atoms with Crippen molar-refractivity contribution < 1.29 is 14.7 Å². The lowest BCUT2D eigenvalue weighted by atomic mass is 10.1. The summed E-state index contributed by atoms with van der Waals surface area (Å²) in [6.45, 7) is 1.56. The molecule has 1 saturated heterocycles. The summed E-state index contributed by atoms with van der Waals surface area (Å²) in [6, 6.07) is 0. The van der Waals surface area contributed by atoms with E-state index < -0.39 is 5.97 Å². The first kappa shape index (κ1) is 13.9. The van der Waals surface area contributed by atoms with Gasteiger partial charge in [-0.05, 0) is 19.1 Å². The number of aromatic carboxylic acids is 1. The summed E-state index contributed by atoms with van der Waals surface area (Å²) < 4.78 is 1.27. The summed E-state index contributed by atoms with van der Waals surface area (Å²) >= 11 is 1.84. The lowest BCUT2D eigenvalue weighted by Crippen LogP contribution is -2.41. The van der Waals surface area contributed by atoms with Gasteiger partial charge in [0.15, 0.2) is 5.69 Å². The van der Waals surface area contributed by atoms with Crippen LogP contribution >= 0.6 is 11.8 Å². The summed E-state index contributed by atoms with van der Waals surface area (Å²) in [5.74, 6) is -1.18. The molecule has 1 amide bonds. The van der Waals surface area contributed by atoms with E-state index >= 15 is 0 Å². The fourth-order valence-corrected chi connectivity index (χ4v) is 2.74. The van der Waals surface area contributed by atoms with Gasteiger partial charge in [0.05, 0.1) is 6.20 Å². The van der Waals surface area contributed by atoms with Crippen molar-refractivity contribution in [3.05, 3.63) is 11.9 Å². The number of thioether (sulfide) groups is 1. The average Bonchev–Trinajstić information content (AvgIpc) is 2.87. The smallest absolute Gasteiger partial charge is 0.358 e. The van der Waals surface area contributed by atoms with E-state index in [0.717, 1.165) is 25.9 Å². The van der Waals surface area contributed by atoms with Gasteiger partial charge < -0.3 is 10.0 Å². The molecule has 1 aromatic heterocycles. The highest BCUT2D eigenvalue weighted by atomic mass is 32.2. The molecule has 1 fully saturated rings. The third-order valence-electron chi connectivity index (χ3n) is 3.18. The van der Waals surface area contributed by atoms with E-state index in [4.69, 9.17) is 5.11 Å². The summed E-state index contributed by atoms with van der Waals surface area (Å²) in [4.78, 5) is 24.5. The van der Waals surface area contributed by atoms with Gasteiger partial charge >= 0.3 is 5.97 Å². The molecule has 2 heterocycles. The zero-order valence-corrected chi connectivity index (χ0v) is 11.5. The number of nitrogens with zero attached hydrogens (tertiary/aromatic N) is 4. The van der Waals surface area contributed by atoms with Crippen molar-refractivity contribution in [1.82, 2.24) is 19.9 Å². The highest BCUT2D eigenvalue weighted by molar-refractivity contribution is 7.99. The van der Waals surface area contributed by atoms with Gasteiger partial charge in [-0.25, -0.2) is 9.48 Å². The average molecular weight is 284 g/mol. The predicted octanol–water partition coefficient (Wildman–Crippen LogP) is 0.330. The molecule has 0 unspecified atom stereocenters. The monoisotopic (exact) mass is 284 g/mol. The fraction of sp³-hybridized carbons (Fsp3) is 0.636. The second-order valence-corrected chi connectivity index (χ2v) is 5.56. The van der Waals surface area contributed by atoms with Crippen molar-refractivity contribution >= 4 is 23.6 Å². The lowest BCUT2D eigenvalue weighted by molar-refractivity contribution is -0.132. The van der Waals surface area contributed by atoms with Crippen LogP contribution in [0.2, 0.25) is 0 Å². The Morgan fingerprint density at radius 2 is 2.16 bits per heavy atom. The Balaban J connectivity index is 1.88. The molecule has 0 aliphatic carbocycles. The van der Waals surface area contributed by atoms with Gasteiger partial charge in [0.1, 0.15) is 6.54 Å². The molecular weight excluding hydrogens is 268 g/mol. The van der Waals surface area contributed by atoms with Crippen molar-refractivity contribution in [1.29, 1.82) is 0 Å². The number of hydrogen-bond donors (Lipinski definition) is 1. The molecule has 2 rings (SSSR count). The molecule has 1 aliphatic heterocycles. The Hall–Kier alpha value is -1.57. The van der Waals surface area contributed by atoms with Gasteiger partial charge in [-0.15, -0.1) is 5.10 Å². The topological polar surface area (TPSA) is 88.3 Å². The minimum absolute atomic E-state index is 0.0404. The molecule has 1 aliphatic rings. The highest BCUT2D eigenvalue weighted by Crippen LogP contribution is 2.20. The van der Waals surface area contributed by atoms with E-state index in [9.17, 15) is 9.59 Å². The highest BCUT2D eigenvalue weighted by Gasteiger charge is 2.22. The van der Waals surface area contributed by atoms with Crippen molar-refractivity contribution in [2.75, 3.05) is 19.3 Å². The number of amides is 1. The Bertz CT molecular complexity index is 468. The molecule has 7 nitrogen and oxygen atoms in total. The van der Waals surface area contributed by atoms with Gasteiger partial charge in [0, 0.05) is 18.3 Å². The Labute approximate surface area is 115 Å². The van der Waals surface area contributed by atoms with Crippen molar-refractivity contribution in [3.8, 4) is 0 Å². The first-order valence-electron chi connectivity index (χ1n) is 6.04. The Kier molecular flexibility index (Phi) is 4.41. The molecule has 0 atom stereocenters. The van der Waals surface area contributed by atoms with Crippen LogP contribution in [0.25, 0.3) is 0 Å². The molecule has 1 N–H and O–H groups in total. The predicted molar refractivity (Wildman–Crippen MR) is 70.1 cm³/mol. The third kappa shape index (κ3) is 3.46. The van der Waals surface area contributed by atoms with Crippen LogP contribution in [0.5, 0.6) is 0 Å². The fourth-order valence-electron chi connectivity index (χ4n) is 2.05. The van der Waals surface area contributed by atoms with E-state index in [1.807, 2.05) is 11.8 Å². The number of likely N-dealkylation sites (tertiary alicyclic amines) is 1. The molecule has 0 radical (unpaired) electrons. The van der Waals surface area contributed by atoms with Crippen molar-refractivity contribution in [2.24, 2.45) is 0 Å². The molecular formula is C11H16N4O3S. The SMILES string of the molecule is CSC1CCN(C(=O)Cn2cc(C(=O)O)nn2)CC1. The van der Waals surface area contributed by atoms with Crippen molar-refractivity contribution in [2.45, 2.75) is 24.6 Å². The van der Waals surface area contributed by atoms with E-state index in [1.165, 1.54) is 10.9 Å². The van der Waals surface area contributed by atoms with E-state index in [2.05, 4.69) is 16.6 Å². The second kappa shape index (κ2) is 6.05. The number of carboxylic acid groups (broad SMARTS) is 1. The van der Waals surface area contributed by atoms with Gasteiger partial charge in [0.2, 0.25) is 5.91 Å². The van der Waals surface area contributed by atoms with Crippen LogP contribution in [0.1, 0.15) is 23.3 Å². The standard InChI is InChI=1S/C11H16N4O3S/c1-19-8-2-4-14(5-3-8)10(16)7-15-6-9(11(17)18)12-13-15/h6,8H,2-5,7H2,1H3,(H,17,18). The maximum atomic E-state index is 12.0. The molecule has 1 aromatic rings. The first-order chi connectivity index (χ1) is 9.10. The normalized spacial score (nSPS) is 16.6. The molecule has 0 bridgehead atoms. The zero-order chi connectivity index (χ0) is 13.8. The maximum absolute atomic E-state index is 12.0. The van der Waals surface area contributed by atoms with E-state index in [1.54, 1.807) is 4.90 Å². The molecule has 19 heavy (non-hydrogen) atoms. The van der Waals surface area contributed by atoms with Crippen LogP contribution in [0.3, 0.4) is 0 Å². The summed E-state index contributed by atoms with van der Waals surface area (Å²) in [5, 5.41) is 16.5.